The van der Waals surface area contributed by atoms with E-state index in [2.05, 4.69) is 251 Å². The Kier molecular flexibility index (Phi) is 10.4. The molecule has 10 rings (SSSR count). The summed E-state index contributed by atoms with van der Waals surface area (Å²) in [5.41, 5.74) is 17.8. The maximum atomic E-state index is 2.46. The molecule has 0 amide bonds. The third-order valence-corrected chi connectivity index (χ3v) is 14.4. The molecule has 2 aliphatic rings. The molecule has 2 unspecified atom stereocenters. The van der Waals surface area contributed by atoms with Crippen molar-refractivity contribution in [3.63, 3.8) is 0 Å². The molecule has 8 aromatic carbocycles. The van der Waals surface area contributed by atoms with Gasteiger partial charge in [0.1, 0.15) is 0 Å². The van der Waals surface area contributed by atoms with E-state index in [1.807, 2.05) is 0 Å². The van der Waals surface area contributed by atoms with Gasteiger partial charge in [-0.05, 0) is 148 Å². The van der Waals surface area contributed by atoms with Gasteiger partial charge in [0.15, 0.2) is 0 Å². The summed E-state index contributed by atoms with van der Waals surface area (Å²) in [7, 11) is 0. The van der Waals surface area contributed by atoms with E-state index >= 15 is 0 Å². The molecule has 0 saturated heterocycles. The summed E-state index contributed by atoms with van der Waals surface area (Å²) in [6, 6.07) is 76.4. The smallest absolute Gasteiger partial charge is 0.0465 e. The van der Waals surface area contributed by atoms with Crippen LogP contribution >= 0.6 is 0 Å². The maximum absolute atomic E-state index is 2.46. The fourth-order valence-corrected chi connectivity index (χ4v) is 11.0. The summed E-state index contributed by atoms with van der Waals surface area (Å²) >= 11 is 0. The van der Waals surface area contributed by atoms with E-state index < -0.39 is 0 Å². The molecule has 0 heterocycles. The van der Waals surface area contributed by atoms with Crippen molar-refractivity contribution in [2.45, 2.75) is 71.1 Å². The van der Waals surface area contributed by atoms with Crippen molar-refractivity contribution in [1.82, 2.24) is 0 Å². The lowest BCUT2D eigenvalue weighted by Gasteiger charge is -2.46. The van der Waals surface area contributed by atoms with Gasteiger partial charge in [-0.1, -0.05) is 174 Å². The maximum Gasteiger partial charge on any atom is 0.0465 e. The minimum atomic E-state index is -0.149. The summed E-state index contributed by atoms with van der Waals surface area (Å²) in [5, 5.41) is 0. The lowest BCUT2D eigenvalue weighted by molar-refractivity contribution is 0.137. The van der Waals surface area contributed by atoms with Crippen molar-refractivity contribution in [2.75, 3.05) is 9.80 Å². The first-order valence-electron chi connectivity index (χ1n) is 22.9. The summed E-state index contributed by atoms with van der Waals surface area (Å²) in [6.07, 6.45) is 4.74. The normalized spacial score (nSPS) is 17.7. The fourth-order valence-electron chi connectivity index (χ4n) is 11.0. The monoisotopic (exact) mass is 818 g/mol. The van der Waals surface area contributed by atoms with Crippen LogP contribution in [0.1, 0.15) is 82.6 Å². The fraction of sp³-hybridized carbons (Fsp3) is 0.213. The minimum Gasteiger partial charge on any atom is -0.311 e. The van der Waals surface area contributed by atoms with Crippen LogP contribution < -0.4 is 9.80 Å². The molecule has 8 aromatic rings. The summed E-state index contributed by atoms with van der Waals surface area (Å²) in [4.78, 5) is 4.81. The molecule has 0 bridgehead atoms. The van der Waals surface area contributed by atoms with Gasteiger partial charge in [0.25, 0.3) is 0 Å². The van der Waals surface area contributed by atoms with Crippen LogP contribution in [0.25, 0.3) is 22.3 Å². The van der Waals surface area contributed by atoms with E-state index in [9.17, 15) is 0 Å². The average Bonchev–Trinajstić information content (AvgIpc) is 3.56. The van der Waals surface area contributed by atoms with Crippen molar-refractivity contribution < 1.29 is 0 Å². The number of fused-ring (bicyclic) bond motifs is 3. The van der Waals surface area contributed by atoms with E-state index in [1.165, 1.54) is 74.4 Å². The molecule has 0 radical (unpaired) electrons. The summed E-state index contributed by atoms with van der Waals surface area (Å²) < 4.78 is 0. The van der Waals surface area contributed by atoms with Crippen LogP contribution in [0.4, 0.5) is 34.1 Å². The van der Waals surface area contributed by atoms with Crippen LogP contribution in [0, 0.1) is 11.3 Å². The zero-order valence-electron chi connectivity index (χ0n) is 37.4. The molecule has 0 aromatic heterocycles. The highest BCUT2D eigenvalue weighted by atomic mass is 15.1. The molecule has 0 aliphatic heterocycles. The van der Waals surface area contributed by atoms with Gasteiger partial charge in [0.2, 0.25) is 0 Å². The first-order chi connectivity index (χ1) is 30.6. The molecule has 2 atom stereocenters. The van der Waals surface area contributed by atoms with Crippen LogP contribution in [-0.2, 0) is 10.8 Å². The van der Waals surface area contributed by atoms with Crippen molar-refractivity contribution >= 4 is 34.1 Å². The second-order valence-electron chi connectivity index (χ2n) is 19.5. The molecule has 312 valence electrons. The van der Waals surface area contributed by atoms with Crippen LogP contribution in [0.3, 0.4) is 0 Å². The van der Waals surface area contributed by atoms with E-state index in [1.54, 1.807) is 0 Å². The van der Waals surface area contributed by atoms with Gasteiger partial charge in [0, 0.05) is 45.0 Å². The van der Waals surface area contributed by atoms with Crippen molar-refractivity contribution in [2.24, 2.45) is 11.3 Å². The molecule has 63 heavy (non-hydrogen) atoms. The quantitative estimate of drug-likeness (QED) is 0.143. The topological polar surface area (TPSA) is 6.48 Å². The Morgan fingerprint density at radius 2 is 0.905 bits per heavy atom. The molecule has 0 spiro atoms. The average molecular weight is 819 g/mol. The Morgan fingerprint density at radius 3 is 1.41 bits per heavy atom. The number of anilines is 6. The van der Waals surface area contributed by atoms with Gasteiger partial charge in [-0.2, -0.15) is 0 Å². The molecule has 2 heteroatoms. The summed E-state index contributed by atoms with van der Waals surface area (Å²) in [6.45, 7) is 12.1. The zero-order chi connectivity index (χ0) is 43.2. The summed E-state index contributed by atoms with van der Waals surface area (Å²) in [5.74, 6) is 0.609. The molecule has 1 fully saturated rings. The second-order valence-corrected chi connectivity index (χ2v) is 19.5. The number of hydrogen-bond acceptors (Lipinski definition) is 2. The van der Waals surface area contributed by atoms with Gasteiger partial charge in [-0.3, -0.25) is 0 Å². The predicted octanol–water partition coefficient (Wildman–Crippen LogP) is 17.1. The highest BCUT2D eigenvalue weighted by Gasteiger charge is 2.43. The number of rotatable bonds is 9. The molecular weight excluding hydrogens is 761 g/mol. The highest BCUT2D eigenvalue weighted by Crippen LogP contribution is 2.55. The first kappa shape index (κ1) is 40.4. The Morgan fingerprint density at radius 1 is 0.444 bits per heavy atom. The van der Waals surface area contributed by atoms with Crippen LogP contribution in [-0.4, -0.2) is 0 Å². The Bertz CT molecular complexity index is 2780. The van der Waals surface area contributed by atoms with Gasteiger partial charge in [0.05, 0.1) is 0 Å². The molecule has 2 nitrogen and oxygen atoms in total. The second kappa shape index (κ2) is 16.2. The van der Waals surface area contributed by atoms with Gasteiger partial charge >= 0.3 is 0 Å². The van der Waals surface area contributed by atoms with Gasteiger partial charge < -0.3 is 9.80 Å². The van der Waals surface area contributed by atoms with Crippen LogP contribution in [0.5, 0.6) is 0 Å². The van der Waals surface area contributed by atoms with E-state index in [-0.39, 0.29) is 16.2 Å². The Balaban J connectivity index is 1.05. The highest BCUT2D eigenvalue weighted by molar-refractivity contribution is 5.94. The molecule has 2 aliphatic carbocycles. The molecule has 1 saturated carbocycles. The lowest BCUT2D eigenvalue weighted by atomic mass is 9.58. The first-order valence-corrected chi connectivity index (χ1v) is 22.9. The van der Waals surface area contributed by atoms with Crippen LogP contribution in [0.15, 0.2) is 206 Å². The van der Waals surface area contributed by atoms with E-state index in [4.69, 9.17) is 0 Å². The van der Waals surface area contributed by atoms with E-state index in [0.717, 1.165) is 29.9 Å². The molecular formula is C61H58N2. The van der Waals surface area contributed by atoms with Crippen molar-refractivity contribution in [3.8, 4) is 22.3 Å². The lowest BCUT2D eigenvalue weighted by Crippen LogP contribution is -2.38. The van der Waals surface area contributed by atoms with Crippen molar-refractivity contribution in [1.29, 1.82) is 0 Å². The predicted molar refractivity (Wildman–Crippen MR) is 267 cm³/mol. The third kappa shape index (κ3) is 7.36. The van der Waals surface area contributed by atoms with Gasteiger partial charge in [-0.15, -0.1) is 0 Å². The number of nitrogens with zero attached hydrogens (tertiary/aromatic N) is 2. The Labute approximate surface area is 375 Å². The van der Waals surface area contributed by atoms with Crippen LogP contribution in [0.2, 0.25) is 0 Å². The number of hydrogen-bond donors (Lipinski definition) is 0. The molecule has 0 N–H and O–H groups in total. The zero-order valence-corrected chi connectivity index (χ0v) is 37.4. The van der Waals surface area contributed by atoms with Crippen molar-refractivity contribution in [3.05, 3.63) is 229 Å². The third-order valence-electron chi connectivity index (χ3n) is 14.4. The minimum absolute atomic E-state index is 0.102. The number of benzene rings is 8. The Hall–Kier alpha value is -6.64. The largest absolute Gasteiger partial charge is 0.311 e. The van der Waals surface area contributed by atoms with Gasteiger partial charge in [-0.25, -0.2) is 0 Å². The number of para-hydroxylation sites is 3. The standard InChI is InChI=1S/C61H58N2/c1-59(2,3)47-22-19-41-61(43-47,45-31-35-51(36-32-45)62(48-23-12-7-13-24-48)49-25-14-8-15-26-49)46-33-37-52(38-34-46)63(50-27-16-9-17-28-50)53-39-40-55-57(42-53)60(4,5)56-30-18-29-54(58(55)56)44-20-10-6-11-21-44/h6-18,20-21,23-40,42,47H,19,22,41,43H2,1-5H3. The van der Waals surface area contributed by atoms with E-state index in [0.29, 0.717) is 5.92 Å². The SMILES string of the molecule is CC1(C)c2cc(N(c3ccccc3)c3ccc(C4(c5ccc(N(c6ccccc6)c6ccccc6)cc5)CCCC(C(C)(C)C)C4)cc3)ccc2-c2c(-c3ccccc3)cccc21.